The van der Waals surface area contributed by atoms with E-state index < -0.39 is 35.1 Å². The van der Waals surface area contributed by atoms with Crippen LogP contribution < -0.4 is 9.47 Å². The van der Waals surface area contributed by atoms with Gasteiger partial charge in [-0.3, -0.25) is 9.59 Å². The standard InChI is InChI=1S/C24H14F3NO5/c1-31-19(29)10-14-12-3-2-6-28-24(12)33-17-5-4-13-22(30)18(32-23(13)20(14)17)9-11-7-15(25)21(27)16(26)8-11/h2-9,14H,10H2,1H3/b18-9-/t14-/m1/s1. The summed E-state index contributed by atoms with van der Waals surface area (Å²) in [7, 11) is 1.27. The van der Waals surface area contributed by atoms with Gasteiger partial charge in [0.2, 0.25) is 11.7 Å². The molecule has 0 unspecified atom stereocenters. The topological polar surface area (TPSA) is 74.7 Å². The van der Waals surface area contributed by atoms with Crippen molar-refractivity contribution in [2.45, 2.75) is 12.3 Å². The maximum absolute atomic E-state index is 13.6. The minimum Gasteiger partial charge on any atom is -0.469 e. The van der Waals surface area contributed by atoms with Crippen molar-refractivity contribution in [1.29, 1.82) is 0 Å². The van der Waals surface area contributed by atoms with Crippen molar-refractivity contribution in [3.05, 3.63) is 88.1 Å². The number of esters is 1. The normalized spacial score (nSPS) is 17.0. The Bertz CT molecular complexity index is 1350. The van der Waals surface area contributed by atoms with Crippen molar-refractivity contribution < 1.29 is 37.0 Å². The molecule has 0 saturated heterocycles. The van der Waals surface area contributed by atoms with Gasteiger partial charge in [0, 0.05) is 23.2 Å². The lowest BCUT2D eigenvalue weighted by Gasteiger charge is -2.27. The van der Waals surface area contributed by atoms with E-state index in [-0.39, 0.29) is 29.1 Å². The molecule has 2 aliphatic heterocycles. The van der Waals surface area contributed by atoms with Crippen molar-refractivity contribution in [3.63, 3.8) is 0 Å². The second kappa shape index (κ2) is 7.77. The number of rotatable bonds is 3. The summed E-state index contributed by atoms with van der Waals surface area (Å²) in [6.45, 7) is 0. The summed E-state index contributed by atoms with van der Waals surface area (Å²) in [6.07, 6.45) is 2.61. The molecule has 0 fully saturated rings. The molecule has 0 aliphatic carbocycles. The molecule has 0 amide bonds. The molecular weight excluding hydrogens is 439 g/mol. The van der Waals surface area contributed by atoms with Gasteiger partial charge in [-0.2, -0.15) is 0 Å². The molecule has 1 atom stereocenters. The summed E-state index contributed by atoms with van der Waals surface area (Å²) in [6, 6.07) is 8.01. The number of methoxy groups -OCH3 is 1. The minimum atomic E-state index is -1.61. The van der Waals surface area contributed by atoms with Crippen LogP contribution in [0.4, 0.5) is 13.2 Å². The maximum atomic E-state index is 13.6. The van der Waals surface area contributed by atoms with Gasteiger partial charge in [0.15, 0.2) is 23.2 Å². The van der Waals surface area contributed by atoms with Gasteiger partial charge in [0.1, 0.15) is 11.5 Å². The van der Waals surface area contributed by atoms with E-state index in [1.807, 2.05) is 0 Å². The number of hydrogen-bond acceptors (Lipinski definition) is 6. The largest absolute Gasteiger partial charge is 0.469 e. The second-order valence-corrected chi connectivity index (χ2v) is 7.43. The third kappa shape index (κ3) is 3.42. The van der Waals surface area contributed by atoms with E-state index in [9.17, 15) is 22.8 Å². The zero-order valence-electron chi connectivity index (χ0n) is 17.0. The lowest BCUT2D eigenvalue weighted by molar-refractivity contribution is -0.140. The fourth-order valence-electron chi connectivity index (χ4n) is 3.96. The Kier molecular flexibility index (Phi) is 4.88. The Hall–Kier alpha value is -4.14. The fourth-order valence-corrected chi connectivity index (χ4v) is 3.96. The first-order valence-corrected chi connectivity index (χ1v) is 9.82. The average Bonchev–Trinajstić information content (AvgIpc) is 3.12. The number of aromatic nitrogens is 1. The van der Waals surface area contributed by atoms with E-state index in [1.165, 1.54) is 13.2 Å². The summed E-state index contributed by atoms with van der Waals surface area (Å²) in [5, 5.41) is 0. The van der Waals surface area contributed by atoms with E-state index in [4.69, 9.17) is 14.2 Å². The molecule has 9 heteroatoms. The molecule has 0 saturated carbocycles. The predicted molar refractivity (Wildman–Crippen MR) is 108 cm³/mol. The number of carbonyl (C=O) groups excluding carboxylic acids is 2. The molecule has 0 radical (unpaired) electrons. The molecule has 3 heterocycles. The molecule has 33 heavy (non-hydrogen) atoms. The molecule has 0 spiro atoms. The van der Waals surface area contributed by atoms with E-state index in [2.05, 4.69) is 4.98 Å². The van der Waals surface area contributed by atoms with Crippen LogP contribution in [0.1, 0.15) is 39.4 Å². The third-order valence-electron chi connectivity index (χ3n) is 5.47. The zero-order valence-corrected chi connectivity index (χ0v) is 17.0. The van der Waals surface area contributed by atoms with Crippen molar-refractivity contribution in [2.75, 3.05) is 7.11 Å². The molecule has 2 aliphatic rings. The SMILES string of the molecule is COC(=O)C[C@@H]1c2cccnc2Oc2ccc3c(c21)O/C(=C\c1cc(F)c(F)c(F)c1)C3=O. The Labute approximate surface area is 185 Å². The molecule has 0 bridgehead atoms. The number of fused-ring (bicyclic) bond motifs is 4. The Morgan fingerprint density at radius 3 is 2.64 bits per heavy atom. The second-order valence-electron chi connectivity index (χ2n) is 7.43. The van der Waals surface area contributed by atoms with Crippen LogP contribution in [-0.2, 0) is 9.53 Å². The maximum Gasteiger partial charge on any atom is 0.306 e. The van der Waals surface area contributed by atoms with Gasteiger partial charge in [-0.25, -0.2) is 18.2 Å². The molecule has 5 rings (SSSR count). The highest BCUT2D eigenvalue weighted by Crippen LogP contribution is 2.52. The molecule has 1 aromatic heterocycles. The fraction of sp³-hybridized carbons (Fsp3) is 0.125. The van der Waals surface area contributed by atoms with E-state index in [0.717, 1.165) is 18.2 Å². The monoisotopic (exact) mass is 453 g/mol. The molecular formula is C24H14F3NO5. The van der Waals surface area contributed by atoms with Crippen LogP contribution in [0.3, 0.4) is 0 Å². The van der Waals surface area contributed by atoms with Crippen molar-refractivity contribution in [2.24, 2.45) is 0 Å². The molecule has 2 aromatic carbocycles. The van der Waals surface area contributed by atoms with E-state index in [1.54, 1.807) is 24.4 Å². The van der Waals surface area contributed by atoms with Crippen LogP contribution >= 0.6 is 0 Å². The lowest BCUT2D eigenvalue weighted by atomic mass is 9.85. The predicted octanol–water partition coefficient (Wildman–Crippen LogP) is 4.92. The van der Waals surface area contributed by atoms with Crippen LogP contribution in [0.5, 0.6) is 17.4 Å². The number of benzene rings is 2. The Morgan fingerprint density at radius 1 is 1.15 bits per heavy atom. The molecule has 166 valence electrons. The number of Topliss-reactive ketones (excluding diaryl/α,β-unsaturated/α-hetero) is 1. The highest BCUT2D eigenvalue weighted by molar-refractivity contribution is 6.15. The number of hydrogen-bond donors (Lipinski definition) is 0. The number of allylic oxidation sites excluding steroid dienone is 1. The van der Waals surface area contributed by atoms with E-state index >= 15 is 0 Å². The number of nitrogens with zero attached hydrogens (tertiary/aromatic N) is 1. The summed E-state index contributed by atoms with van der Waals surface area (Å²) in [5.74, 6) is -5.37. The highest BCUT2D eigenvalue weighted by Gasteiger charge is 2.39. The Balaban J connectivity index is 1.61. The summed E-state index contributed by atoms with van der Waals surface area (Å²) in [5.41, 5.74) is 1.16. The summed E-state index contributed by atoms with van der Waals surface area (Å²) >= 11 is 0. The third-order valence-corrected chi connectivity index (χ3v) is 5.47. The summed E-state index contributed by atoms with van der Waals surface area (Å²) in [4.78, 5) is 29.3. The van der Waals surface area contributed by atoms with Gasteiger partial charge in [-0.05, 0) is 42.0 Å². The molecule has 3 aromatic rings. The summed E-state index contributed by atoms with van der Waals surface area (Å²) < 4.78 is 57.0. The van der Waals surface area contributed by atoms with Crippen molar-refractivity contribution >= 4 is 17.8 Å². The Morgan fingerprint density at radius 2 is 1.91 bits per heavy atom. The van der Waals surface area contributed by atoms with Crippen molar-refractivity contribution in [1.82, 2.24) is 4.98 Å². The van der Waals surface area contributed by atoms with E-state index in [0.29, 0.717) is 22.8 Å². The smallest absolute Gasteiger partial charge is 0.306 e. The van der Waals surface area contributed by atoms with Gasteiger partial charge >= 0.3 is 5.97 Å². The first-order valence-electron chi connectivity index (χ1n) is 9.82. The first-order chi connectivity index (χ1) is 15.9. The number of pyridine rings is 1. The van der Waals surface area contributed by atoms with Gasteiger partial charge < -0.3 is 14.2 Å². The first kappa shape index (κ1) is 20.7. The molecule has 0 N–H and O–H groups in total. The average molecular weight is 453 g/mol. The zero-order chi connectivity index (χ0) is 23.3. The van der Waals surface area contributed by atoms with Gasteiger partial charge in [0.25, 0.3) is 0 Å². The number of ketones is 1. The van der Waals surface area contributed by atoms with Crippen LogP contribution in [0, 0.1) is 17.5 Å². The minimum absolute atomic E-state index is 0.0625. The van der Waals surface area contributed by atoms with Crippen LogP contribution in [0.2, 0.25) is 0 Å². The number of carbonyl (C=O) groups is 2. The number of halogens is 3. The molecule has 6 nitrogen and oxygen atoms in total. The van der Waals surface area contributed by atoms with Crippen LogP contribution in [0.15, 0.2) is 48.4 Å². The van der Waals surface area contributed by atoms with Gasteiger partial charge in [-0.15, -0.1) is 0 Å². The number of ether oxygens (including phenoxy) is 3. The highest BCUT2D eigenvalue weighted by atomic mass is 19.2. The van der Waals surface area contributed by atoms with Gasteiger partial charge in [-0.1, -0.05) is 6.07 Å². The van der Waals surface area contributed by atoms with Crippen LogP contribution in [0.25, 0.3) is 6.08 Å². The van der Waals surface area contributed by atoms with Crippen LogP contribution in [-0.4, -0.2) is 23.8 Å². The van der Waals surface area contributed by atoms with Gasteiger partial charge in [0.05, 0.1) is 19.1 Å². The quantitative estimate of drug-likeness (QED) is 0.319. The van der Waals surface area contributed by atoms with Crippen molar-refractivity contribution in [3.8, 4) is 17.4 Å². The lowest BCUT2D eigenvalue weighted by Crippen LogP contribution is -2.16.